The largest absolute Gasteiger partial charge is 0.493 e. The van der Waals surface area contributed by atoms with Crippen molar-refractivity contribution in [3.8, 4) is 5.75 Å². The van der Waals surface area contributed by atoms with Crippen LogP contribution in [-0.4, -0.2) is 82.7 Å². The van der Waals surface area contributed by atoms with Crippen molar-refractivity contribution in [2.75, 3.05) is 39.5 Å². The van der Waals surface area contributed by atoms with E-state index in [1.165, 1.54) is 6.07 Å². The fourth-order valence-electron chi connectivity index (χ4n) is 3.90. The highest BCUT2D eigenvalue weighted by Gasteiger charge is 2.24. The first kappa shape index (κ1) is 31.8. The number of carboxylic acid groups (broad SMARTS) is 2. The normalized spacial score (nSPS) is 14.5. The summed E-state index contributed by atoms with van der Waals surface area (Å²) in [6, 6.07) is 14.3. The fourth-order valence-corrected chi connectivity index (χ4v) is 4.54. The van der Waals surface area contributed by atoms with Crippen molar-refractivity contribution in [2.24, 2.45) is 4.99 Å². The number of benzene rings is 2. The molecule has 2 N–H and O–H groups in total. The van der Waals surface area contributed by atoms with E-state index in [-0.39, 0.29) is 0 Å². The number of carboxylic acids is 2. The molecule has 8 nitrogen and oxygen atoms in total. The van der Waals surface area contributed by atoms with Gasteiger partial charge in [0.15, 0.2) is 16.8 Å². The lowest BCUT2D eigenvalue weighted by Crippen LogP contribution is -2.45. The molecule has 0 radical (unpaired) electrons. The standard InChI is InChI=1S/C24H31F2N3OS.C4H4O4/c1-28(24(31-2)27-19-8-4-3-5-9-19)20-12-15-29(16-13-20)14-6-7-17-30-21-10-11-22(25)23(26)18-21;5-3(6)1-2-4(7)8/h3-5,8-11,18,20H,6-7,12-17H2,1-2H3;1-2H,(H,5,6)(H,7,8)/b;2-1+. The molecular formula is C28H35F2N3O5S. The number of likely N-dealkylation sites (tertiary alicyclic amines) is 1. The molecule has 1 heterocycles. The lowest BCUT2D eigenvalue weighted by Gasteiger charge is -2.37. The van der Waals surface area contributed by atoms with Crippen LogP contribution < -0.4 is 4.74 Å². The van der Waals surface area contributed by atoms with Crippen LogP contribution in [0.3, 0.4) is 0 Å². The number of rotatable bonds is 10. The highest BCUT2D eigenvalue weighted by molar-refractivity contribution is 8.13. The Morgan fingerprint density at radius 1 is 1.05 bits per heavy atom. The van der Waals surface area contributed by atoms with Crippen LogP contribution in [0.25, 0.3) is 0 Å². The van der Waals surface area contributed by atoms with Gasteiger partial charge in [-0.05, 0) is 62.7 Å². The van der Waals surface area contributed by atoms with E-state index in [0.29, 0.717) is 30.6 Å². The van der Waals surface area contributed by atoms with Crippen molar-refractivity contribution in [1.29, 1.82) is 0 Å². The summed E-state index contributed by atoms with van der Waals surface area (Å²) in [5.74, 6) is -3.86. The topological polar surface area (TPSA) is 103 Å². The monoisotopic (exact) mass is 563 g/mol. The third-order valence-corrected chi connectivity index (χ3v) is 6.71. The molecule has 1 fully saturated rings. The minimum atomic E-state index is -1.26. The molecule has 0 atom stereocenters. The first-order chi connectivity index (χ1) is 18.7. The number of ether oxygens (including phenoxy) is 1. The fraction of sp³-hybridized carbons (Fsp3) is 0.393. The number of aliphatic carboxylic acids is 2. The Kier molecular flexibility index (Phi) is 14.0. The number of amidine groups is 1. The third-order valence-electron chi connectivity index (χ3n) is 5.97. The molecule has 1 aliphatic rings. The SMILES string of the molecule is CSC(=Nc1ccccc1)N(C)C1CCN(CCCCOc2ccc(F)c(F)c2)CC1.O=C(O)/C=C/C(=O)O. The quantitative estimate of drug-likeness (QED) is 0.174. The van der Waals surface area contributed by atoms with Crippen molar-refractivity contribution in [3.63, 3.8) is 0 Å². The van der Waals surface area contributed by atoms with Gasteiger partial charge in [-0.3, -0.25) is 0 Å². The molecule has 0 amide bonds. The van der Waals surface area contributed by atoms with Crippen molar-refractivity contribution < 1.29 is 33.3 Å². The summed E-state index contributed by atoms with van der Waals surface area (Å²) in [4.78, 5) is 28.7. The summed E-state index contributed by atoms with van der Waals surface area (Å²) < 4.78 is 31.7. The molecule has 11 heteroatoms. The Balaban J connectivity index is 0.000000580. The van der Waals surface area contributed by atoms with Crippen molar-refractivity contribution in [2.45, 2.75) is 31.7 Å². The van der Waals surface area contributed by atoms with Crippen LogP contribution in [0, 0.1) is 11.6 Å². The van der Waals surface area contributed by atoms with Crippen molar-refractivity contribution >= 4 is 34.6 Å². The van der Waals surface area contributed by atoms with Gasteiger partial charge in [-0.1, -0.05) is 30.0 Å². The number of hydrogen-bond acceptors (Lipinski definition) is 6. The Morgan fingerprint density at radius 3 is 2.26 bits per heavy atom. The van der Waals surface area contributed by atoms with Gasteiger partial charge in [-0.2, -0.15) is 0 Å². The maximum Gasteiger partial charge on any atom is 0.328 e. The molecule has 1 aliphatic heterocycles. The summed E-state index contributed by atoms with van der Waals surface area (Å²) in [5, 5.41) is 16.7. The zero-order chi connectivity index (χ0) is 28.6. The highest BCUT2D eigenvalue weighted by Crippen LogP contribution is 2.22. The van der Waals surface area contributed by atoms with Gasteiger partial charge in [0.1, 0.15) is 5.75 Å². The van der Waals surface area contributed by atoms with Crippen LogP contribution in [0.1, 0.15) is 25.7 Å². The van der Waals surface area contributed by atoms with Gasteiger partial charge in [0, 0.05) is 44.4 Å². The van der Waals surface area contributed by atoms with Gasteiger partial charge in [0.25, 0.3) is 0 Å². The molecule has 0 saturated carbocycles. The Morgan fingerprint density at radius 2 is 1.69 bits per heavy atom. The molecule has 212 valence electrons. The zero-order valence-electron chi connectivity index (χ0n) is 22.1. The molecule has 0 bridgehead atoms. The summed E-state index contributed by atoms with van der Waals surface area (Å²) in [5.41, 5.74) is 0.988. The van der Waals surface area contributed by atoms with Gasteiger partial charge in [0.2, 0.25) is 0 Å². The third kappa shape index (κ3) is 12.3. The second kappa shape index (κ2) is 17.2. The average molecular weight is 564 g/mol. The number of nitrogens with zero attached hydrogens (tertiary/aromatic N) is 3. The lowest BCUT2D eigenvalue weighted by molar-refractivity contribution is -0.134. The number of thioether (sulfide) groups is 1. The molecule has 2 aromatic rings. The van der Waals surface area contributed by atoms with Gasteiger partial charge in [0.05, 0.1) is 12.3 Å². The first-order valence-electron chi connectivity index (χ1n) is 12.5. The minimum Gasteiger partial charge on any atom is -0.493 e. The molecule has 0 unspecified atom stereocenters. The average Bonchev–Trinajstić information content (AvgIpc) is 2.93. The molecule has 2 aromatic carbocycles. The maximum atomic E-state index is 13.2. The number of unbranched alkanes of at least 4 members (excludes halogenated alkanes) is 1. The Labute approximate surface area is 232 Å². The predicted molar refractivity (Wildman–Crippen MR) is 150 cm³/mol. The van der Waals surface area contributed by atoms with Crippen molar-refractivity contribution in [3.05, 3.63) is 72.3 Å². The van der Waals surface area contributed by atoms with Gasteiger partial charge in [-0.25, -0.2) is 23.4 Å². The van der Waals surface area contributed by atoms with Crippen LogP contribution in [0.4, 0.5) is 14.5 Å². The zero-order valence-corrected chi connectivity index (χ0v) is 22.9. The van der Waals surface area contributed by atoms with E-state index < -0.39 is 23.6 Å². The molecule has 1 saturated heterocycles. The molecule has 0 aromatic heterocycles. The highest BCUT2D eigenvalue weighted by atomic mass is 32.2. The van der Waals surface area contributed by atoms with Crippen LogP contribution in [0.2, 0.25) is 0 Å². The first-order valence-corrected chi connectivity index (χ1v) is 13.8. The van der Waals surface area contributed by atoms with E-state index in [1.807, 2.05) is 30.3 Å². The molecule has 0 aliphatic carbocycles. The summed E-state index contributed by atoms with van der Waals surface area (Å²) in [6.45, 7) is 3.69. The van der Waals surface area contributed by atoms with Crippen LogP contribution in [0.15, 0.2) is 65.7 Å². The van der Waals surface area contributed by atoms with E-state index in [2.05, 4.69) is 23.1 Å². The Hall–Kier alpha value is -3.44. The molecule has 0 spiro atoms. The van der Waals surface area contributed by atoms with Crippen LogP contribution in [-0.2, 0) is 9.59 Å². The second-order valence-corrected chi connectivity index (χ2v) is 9.53. The van der Waals surface area contributed by atoms with E-state index in [1.54, 1.807) is 11.8 Å². The number of carbonyl (C=O) groups is 2. The minimum absolute atomic E-state index is 0.379. The maximum absolute atomic E-state index is 13.2. The summed E-state index contributed by atoms with van der Waals surface area (Å²) >= 11 is 1.69. The van der Waals surface area contributed by atoms with Crippen LogP contribution in [0.5, 0.6) is 5.75 Å². The molecule has 39 heavy (non-hydrogen) atoms. The Bertz CT molecular complexity index is 1090. The predicted octanol–water partition coefficient (Wildman–Crippen LogP) is 5.28. The lowest BCUT2D eigenvalue weighted by atomic mass is 10.0. The van der Waals surface area contributed by atoms with E-state index in [4.69, 9.17) is 19.9 Å². The van der Waals surface area contributed by atoms with Crippen molar-refractivity contribution in [1.82, 2.24) is 9.80 Å². The van der Waals surface area contributed by atoms with E-state index >= 15 is 0 Å². The van der Waals surface area contributed by atoms with Gasteiger partial charge >= 0.3 is 11.9 Å². The number of piperidine rings is 1. The second-order valence-electron chi connectivity index (χ2n) is 8.76. The van der Waals surface area contributed by atoms with Gasteiger partial charge < -0.3 is 24.7 Å². The van der Waals surface area contributed by atoms with E-state index in [0.717, 1.165) is 68.3 Å². The number of halogens is 2. The summed E-state index contributed by atoms with van der Waals surface area (Å²) in [6.07, 6.45) is 7.35. The number of aliphatic imine (C=N–C) groups is 1. The molecule has 3 rings (SSSR count). The smallest absolute Gasteiger partial charge is 0.328 e. The molecular weight excluding hydrogens is 528 g/mol. The van der Waals surface area contributed by atoms with Crippen LogP contribution >= 0.6 is 11.8 Å². The number of para-hydroxylation sites is 1. The summed E-state index contributed by atoms with van der Waals surface area (Å²) in [7, 11) is 2.15. The van der Waals surface area contributed by atoms with E-state index in [9.17, 15) is 18.4 Å². The van der Waals surface area contributed by atoms with Gasteiger partial charge in [-0.15, -0.1) is 0 Å². The number of hydrogen-bond donors (Lipinski definition) is 2.